The Balaban J connectivity index is 2.05. The van der Waals surface area contributed by atoms with Crippen molar-refractivity contribution >= 4 is 6.21 Å². The van der Waals surface area contributed by atoms with Crippen molar-refractivity contribution in [3.63, 3.8) is 0 Å². The lowest BCUT2D eigenvalue weighted by Gasteiger charge is -2.17. The summed E-state index contributed by atoms with van der Waals surface area (Å²) in [5.74, 6) is 0.408. The fourth-order valence-corrected chi connectivity index (χ4v) is 3.39. The maximum atomic E-state index is 9.11. The molecule has 0 fully saturated rings. The summed E-state index contributed by atoms with van der Waals surface area (Å²) in [4.78, 5) is 0. The molecule has 0 aliphatic carbocycles. The molecule has 3 aromatic rings. The van der Waals surface area contributed by atoms with E-state index < -0.39 is 0 Å². The van der Waals surface area contributed by atoms with E-state index in [1.54, 1.807) is 6.21 Å². The number of nitrogens with zero attached hydrogens (tertiary/aromatic N) is 1. The highest BCUT2D eigenvalue weighted by molar-refractivity contribution is 5.82. The molecule has 0 saturated heterocycles. The standard InChI is InChI=1S/C24H25NO/c1-18(2)24-16-23(17-25-26)21(13-19-9-5-3-6-10-19)15-22(24)14-20-11-7-4-8-12-20/h3-12,15-18,26H,13-14H2,1-2H3. The van der Waals surface area contributed by atoms with Gasteiger partial charge >= 0.3 is 0 Å². The second-order valence-corrected chi connectivity index (χ2v) is 6.97. The van der Waals surface area contributed by atoms with Gasteiger partial charge in [0.05, 0.1) is 6.21 Å². The van der Waals surface area contributed by atoms with E-state index in [-0.39, 0.29) is 0 Å². The van der Waals surface area contributed by atoms with Crippen molar-refractivity contribution in [2.45, 2.75) is 32.6 Å². The molecule has 0 amide bonds. The average Bonchev–Trinajstić information content (AvgIpc) is 2.65. The Kier molecular flexibility index (Phi) is 5.85. The molecule has 1 N–H and O–H groups in total. The first-order valence-electron chi connectivity index (χ1n) is 9.08. The molecule has 26 heavy (non-hydrogen) atoms. The molecular weight excluding hydrogens is 318 g/mol. The smallest absolute Gasteiger partial charge is 0.0736 e. The summed E-state index contributed by atoms with van der Waals surface area (Å²) in [7, 11) is 0. The Hall–Kier alpha value is -2.87. The highest BCUT2D eigenvalue weighted by atomic mass is 16.4. The summed E-state index contributed by atoms with van der Waals surface area (Å²) in [6.07, 6.45) is 3.28. The monoisotopic (exact) mass is 343 g/mol. The Bertz CT molecular complexity index is 867. The van der Waals surface area contributed by atoms with Gasteiger partial charge < -0.3 is 5.21 Å². The zero-order valence-corrected chi connectivity index (χ0v) is 15.4. The highest BCUT2D eigenvalue weighted by Gasteiger charge is 2.13. The normalized spacial score (nSPS) is 11.3. The van der Waals surface area contributed by atoms with Crippen LogP contribution in [0.3, 0.4) is 0 Å². The fraction of sp³-hybridized carbons (Fsp3) is 0.208. The molecule has 0 aromatic heterocycles. The number of hydrogen-bond donors (Lipinski definition) is 1. The quantitative estimate of drug-likeness (QED) is 0.342. The van der Waals surface area contributed by atoms with Crippen LogP contribution >= 0.6 is 0 Å². The Morgan fingerprint density at radius 2 is 1.35 bits per heavy atom. The van der Waals surface area contributed by atoms with E-state index in [0.29, 0.717) is 5.92 Å². The summed E-state index contributed by atoms with van der Waals surface area (Å²) in [6, 6.07) is 25.4. The van der Waals surface area contributed by atoms with Gasteiger partial charge in [0, 0.05) is 0 Å². The third kappa shape index (κ3) is 4.40. The predicted molar refractivity (Wildman–Crippen MR) is 108 cm³/mol. The number of oxime groups is 1. The van der Waals surface area contributed by atoms with Gasteiger partial charge in [-0.25, -0.2) is 0 Å². The summed E-state index contributed by atoms with van der Waals surface area (Å²) < 4.78 is 0. The minimum Gasteiger partial charge on any atom is -0.411 e. The molecule has 0 heterocycles. The molecule has 0 radical (unpaired) electrons. The van der Waals surface area contributed by atoms with Crippen LogP contribution in [0.25, 0.3) is 0 Å². The number of benzene rings is 3. The van der Waals surface area contributed by atoms with E-state index in [2.05, 4.69) is 85.7 Å². The van der Waals surface area contributed by atoms with Crippen LogP contribution in [0.5, 0.6) is 0 Å². The van der Waals surface area contributed by atoms with E-state index in [9.17, 15) is 0 Å². The average molecular weight is 343 g/mol. The van der Waals surface area contributed by atoms with Crippen molar-refractivity contribution in [2.75, 3.05) is 0 Å². The van der Waals surface area contributed by atoms with Gasteiger partial charge in [-0.3, -0.25) is 0 Å². The minimum atomic E-state index is 0.408. The van der Waals surface area contributed by atoms with E-state index >= 15 is 0 Å². The first-order valence-corrected chi connectivity index (χ1v) is 9.08. The van der Waals surface area contributed by atoms with Gasteiger partial charge in [-0.1, -0.05) is 85.7 Å². The Labute approximate surface area is 155 Å². The van der Waals surface area contributed by atoms with E-state index in [0.717, 1.165) is 18.4 Å². The molecular formula is C24H25NO. The number of hydrogen-bond acceptors (Lipinski definition) is 2. The van der Waals surface area contributed by atoms with Gasteiger partial charge in [0.25, 0.3) is 0 Å². The van der Waals surface area contributed by atoms with Crippen molar-refractivity contribution in [3.8, 4) is 0 Å². The van der Waals surface area contributed by atoms with Crippen LogP contribution in [-0.2, 0) is 12.8 Å². The zero-order chi connectivity index (χ0) is 18.4. The maximum absolute atomic E-state index is 9.11. The Morgan fingerprint density at radius 1 is 0.808 bits per heavy atom. The van der Waals surface area contributed by atoms with Crippen LogP contribution in [0.1, 0.15) is 53.1 Å². The largest absolute Gasteiger partial charge is 0.411 e. The van der Waals surface area contributed by atoms with Crippen LogP contribution in [-0.4, -0.2) is 11.4 Å². The van der Waals surface area contributed by atoms with Gasteiger partial charge in [-0.05, 0) is 58.2 Å². The van der Waals surface area contributed by atoms with Crippen LogP contribution in [0.2, 0.25) is 0 Å². The highest BCUT2D eigenvalue weighted by Crippen LogP contribution is 2.27. The van der Waals surface area contributed by atoms with Crippen molar-refractivity contribution in [2.24, 2.45) is 5.16 Å². The maximum Gasteiger partial charge on any atom is 0.0736 e. The summed E-state index contributed by atoms with van der Waals surface area (Å²) in [6.45, 7) is 4.42. The number of rotatable bonds is 6. The topological polar surface area (TPSA) is 32.6 Å². The Morgan fingerprint density at radius 3 is 1.85 bits per heavy atom. The molecule has 132 valence electrons. The molecule has 3 aromatic carbocycles. The molecule has 2 heteroatoms. The van der Waals surface area contributed by atoms with Crippen molar-refractivity contribution in [1.29, 1.82) is 0 Å². The predicted octanol–water partition coefficient (Wildman–Crippen LogP) is 5.80. The van der Waals surface area contributed by atoms with Gasteiger partial charge in [0.15, 0.2) is 0 Å². The van der Waals surface area contributed by atoms with Gasteiger partial charge in [0.1, 0.15) is 0 Å². The molecule has 0 unspecified atom stereocenters. The minimum absolute atomic E-state index is 0.408. The molecule has 0 bridgehead atoms. The third-order valence-electron chi connectivity index (χ3n) is 4.69. The summed E-state index contributed by atoms with van der Waals surface area (Å²) in [5.41, 5.74) is 7.38. The molecule has 0 aliphatic rings. The van der Waals surface area contributed by atoms with Crippen LogP contribution < -0.4 is 0 Å². The lowest BCUT2D eigenvalue weighted by Crippen LogP contribution is -2.04. The molecule has 0 aliphatic heterocycles. The first-order chi connectivity index (χ1) is 12.7. The molecule has 0 spiro atoms. The fourth-order valence-electron chi connectivity index (χ4n) is 3.39. The van der Waals surface area contributed by atoms with E-state index in [4.69, 9.17) is 5.21 Å². The third-order valence-corrected chi connectivity index (χ3v) is 4.69. The molecule has 0 atom stereocenters. The first kappa shape index (κ1) is 17.9. The van der Waals surface area contributed by atoms with Gasteiger partial charge in [-0.2, -0.15) is 0 Å². The van der Waals surface area contributed by atoms with Gasteiger partial charge in [-0.15, -0.1) is 0 Å². The van der Waals surface area contributed by atoms with E-state index in [1.165, 1.54) is 27.8 Å². The SMILES string of the molecule is CC(C)c1cc(C=NO)c(Cc2ccccc2)cc1Cc1ccccc1. The van der Waals surface area contributed by atoms with Crippen LogP contribution in [0, 0.1) is 0 Å². The van der Waals surface area contributed by atoms with E-state index in [1.807, 2.05) is 6.07 Å². The van der Waals surface area contributed by atoms with Crippen LogP contribution in [0.4, 0.5) is 0 Å². The lowest BCUT2D eigenvalue weighted by molar-refractivity contribution is 0.322. The molecule has 2 nitrogen and oxygen atoms in total. The molecule has 3 rings (SSSR count). The second-order valence-electron chi connectivity index (χ2n) is 6.97. The van der Waals surface area contributed by atoms with Crippen molar-refractivity contribution in [1.82, 2.24) is 0 Å². The second kappa shape index (κ2) is 8.48. The lowest BCUT2D eigenvalue weighted by atomic mass is 9.87. The van der Waals surface area contributed by atoms with Crippen LogP contribution in [0.15, 0.2) is 78.0 Å². The van der Waals surface area contributed by atoms with Gasteiger partial charge in [0.2, 0.25) is 0 Å². The summed E-state index contributed by atoms with van der Waals surface area (Å²) in [5, 5.41) is 12.4. The summed E-state index contributed by atoms with van der Waals surface area (Å²) >= 11 is 0. The van der Waals surface area contributed by atoms with Crippen molar-refractivity contribution < 1.29 is 5.21 Å². The van der Waals surface area contributed by atoms with Crippen molar-refractivity contribution in [3.05, 3.63) is 106 Å². The molecule has 0 saturated carbocycles. The zero-order valence-electron chi connectivity index (χ0n) is 15.4.